The molecule has 0 aliphatic heterocycles. The summed E-state index contributed by atoms with van der Waals surface area (Å²) in [5.41, 5.74) is 0. The first-order valence-corrected chi connectivity index (χ1v) is 4.03. The van der Waals surface area contributed by atoms with Gasteiger partial charge in [0.1, 0.15) is 18.7 Å². The highest BCUT2D eigenvalue weighted by molar-refractivity contribution is 5.49. The van der Waals surface area contributed by atoms with Crippen molar-refractivity contribution >= 4 is 6.29 Å². The Hall–Kier alpha value is -1.33. The van der Waals surface area contributed by atoms with Crippen molar-refractivity contribution in [1.82, 2.24) is 9.55 Å². The fraction of sp³-hybridized carbons (Fsp3) is 0.500. The number of imidazole rings is 1. The van der Waals surface area contributed by atoms with Crippen LogP contribution in [0.2, 0.25) is 0 Å². The first-order chi connectivity index (χ1) is 6.53. The number of aryl methyl sites for hydroxylation is 1. The fourth-order valence-electron chi connectivity index (χ4n) is 1.09. The first kappa shape index (κ1) is 10.7. The zero-order chi connectivity index (χ0) is 10.6. The average Bonchev–Trinajstić information content (AvgIpc) is 2.45. The van der Waals surface area contributed by atoms with Crippen molar-refractivity contribution < 1.29 is 18.0 Å². The van der Waals surface area contributed by atoms with E-state index in [1.807, 2.05) is 0 Å². The molecule has 0 spiro atoms. The van der Waals surface area contributed by atoms with Gasteiger partial charge < -0.3 is 9.36 Å². The van der Waals surface area contributed by atoms with Gasteiger partial charge in [-0.15, -0.1) is 0 Å². The third kappa shape index (κ3) is 3.20. The Balaban J connectivity index is 2.67. The molecule has 0 aromatic carbocycles. The molecule has 3 nitrogen and oxygen atoms in total. The van der Waals surface area contributed by atoms with E-state index < -0.39 is 12.7 Å². The fourth-order valence-corrected chi connectivity index (χ4v) is 1.09. The number of carbonyl (C=O) groups is 1. The smallest absolute Gasteiger partial charge is 0.326 e. The van der Waals surface area contributed by atoms with Crippen LogP contribution in [-0.2, 0) is 17.8 Å². The summed E-state index contributed by atoms with van der Waals surface area (Å²) in [5, 5.41) is 0. The Bertz CT molecular complexity index is 306. The highest BCUT2D eigenvalue weighted by Crippen LogP contribution is 2.18. The van der Waals surface area contributed by atoms with Crippen molar-refractivity contribution in [2.24, 2.45) is 0 Å². The second kappa shape index (κ2) is 4.26. The van der Waals surface area contributed by atoms with E-state index in [2.05, 4.69) is 4.98 Å². The lowest BCUT2D eigenvalue weighted by atomic mass is 10.3. The number of alkyl halides is 3. The maximum atomic E-state index is 12.0. The summed E-state index contributed by atoms with van der Waals surface area (Å²) in [6, 6.07) is 0. The van der Waals surface area contributed by atoms with Crippen LogP contribution in [0.5, 0.6) is 0 Å². The minimum absolute atomic E-state index is 0.189. The van der Waals surface area contributed by atoms with Gasteiger partial charge in [-0.1, -0.05) is 0 Å². The monoisotopic (exact) mass is 206 g/mol. The summed E-state index contributed by atoms with van der Waals surface area (Å²) in [5.74, 6) is 0.287. The Kier molecular flexibility index (Phi) is 3.27. The van der Waals surface area contributed by atoms with Gasteiger partial charge in [0.05, 0.1) is 0 Å². The second-order valence-electron chi connectivity index (χ2n) is 2.79. The van der Waals surface area contributed by atoms with Crippen molar-refractivity contribution in [2.75, 3.05) is 0 Å². The molecule has 0 amide bonds. The number of aromatic nitrogens is 2. The van der Waals surface area contributed by atoms with Gasteiger partial charge in [-0.2, -0.15) is 13.2 Å². The van der Waals surface area contributed by atoms with Crippen molar-refractivity contribution in [1.29, 1.82) is 0 Å². The van der Waals surface area contributed by atoms with Crippen LogP contribution >= 0.6 is 0 Å². The minimum Gasteiger partial charge on any atom is -0.326 e. The molecule has 0 saturated heterocycles. The van der Waals surface area contributed by atoms with Gasteiger partial charge in [-0.25, -0.2) is 4.98 Å². The number of nitrogens with zero attached hydrogens (tertiary/aromatic N) is 2. The molecule has 0 bridgehead atoms. The van der Waals surface area contributed by atoms with E-state index in [1.54, 1.807) is 0 Å². The van der Waals surface area contributed by atoms with E-state index >= 15 is 0 Å². The normalized spacial score (nSPS) is 11.6. The summed E-state index contributed by atoms with van der Waals surface area (Å²) in [7, 11) is 0. The molecule has 0 atom stereocenters. The molecular formula is C8H9F3N2O. The predicted molar refractivity (Wildman–Crippen MR) is 42.7 cm³/mol. The van der Waals surface area contributed by atoms with Crippen LogP contribution in [0, 0.1) is 0 Å². The van der Waals surface area contributed by atoms with E-state index in [1.165, 1.54) is 12.4 Å². The molecule has 14 heavy (non-hydrogen) atoms. The van der Waals surface area contributed by atoms with Crippen molar-refractivity contribution in [3.8, 4) is 0 Å². The molecule has 1 heterocycles. The lowest BCUT2D eigenvalue weighted by Gasteiger charge is -2.09. The van der Waals surface area contributed by atoms with E-state index in [9.17, 15) is 18.0 Å². The van der Waals surface area contributed by atoms with E-state index in [4.69, 9.17) is 0 Å². The molecule has 0 aliphatic carbocycles. The molecule has 1 rings (SSSR count). The SMILES string of the molecule is O=CCCc1nccn1CC(F)(F)F. The number of rotatable bonds is 4. The lowest BCUT2D eigenvalue weighted by Crippen LogP contribution is -2.19. The maximum Gasteiger partial charge on any atom is 0.406 e. The van der Waals surface area contributed by atoms with E-state index in [0.717, 1.165) is 4.57 Å². The molecule has 0 saturated carbocycles. The Morgan fingerprint density at radius 3 is 2.79 bits per heavy atom. The van der Waals surface area contributed by atoms with Gasteiger partial charge in [-0.3, -0.25) is 0 Å². The quantitative estimate of drug-likeness (QED) is 0.701. The molecule has 0 aliphatic rings. The van der Waals surface area contributed by atoms with E-state index in [0.29, 0.717) is 6.29 Å². The molecule has 0 unspecified atom stereocenters. The second-order valence-corrected chi connectivity index (χ2v) is 2.79. The van der Waals surface area contributed by atoms with Crippen molar-refractivity contribution in [3.05, 3.63) is 18.2 Å². The average molecular weight is 206 g/mol. The van der Waals surface area contributed by atoms with Crippen LogP contribution in [0.4, 0.5) is 13.2 Å². The summed E-state index contributed by atoms with van der Waals surface area (Å²) in [4.78, 5) is 13.8. The maximum absolute atomic E-state index is 12.0. The van der Waals surface area contributed by atoms with Crippen LogP contribution in [0.15, 0.2) is 12.4 Å². The summed E-state index contributed by atoms with van der Waals surface area (Å²) >= 11 is 0. The van der Waals surface area contributed by atoms with Crippen LogP contribution < -0.4 is 0 Å². The van der Waals surface area contributed by atoms with Crippen LogP contribution in [0.3, 0.4) is 0 Å². The summed E-state index contributed by atoms with van der Waals surface area (Å²) in [6.07, 6.45) is -0.607. The number of aldehydes is 1. The van der Waals surface area contributed by atoms with Crippen LogP contribution in [0.25, 0.3) is 0 Å². The molecule has 0 radical (unpaired) electrons. The summed E-state index contributed by atoms with van der Waals surface area (Å²) < 4.78 is 37.0. The number of halogens is 3. The highest BCUT2D eigenvalue weighted by atomic mass is 19.4. The molecule has 0 N–H and O–H groups in total. The van der Waals surface area contributed by atoms with Gasteiger partial charge >= 0.3 is 6.18 Å². The van der Waals surface area contributed by atoms with Crippen LogP contribution in [0.1, 0.15) is 12.2 Å². The Morgan fingerprint density at radius 2 is 2.21 bits per heavy atom. The largest absolute Gasteiger partial charge is 0.406 e. The number of hydrogen-bond donors (Lipinski definition) is 0. The van der Waals surface area contributed by atoms with Crippen molar-refractivity contribution in [3.63, 3.8) is 0 Å². The van der Waals surface area contributed by atoms with Gasteiger partial charge in [0.2, 0.25) is 0 Å². The predicted octanol–water partition coefficient (Wildman–Crippen LogP) is 1.58. The molecule has 6 heteroatoms. The van der Waals surface area contributed by atoms with Crippen LogP contribution in [-0.4, -0.2) is 22.0 Å². The molecule has 78 valence electrons. The molecular weight excluding hydrogens is 197 g/mol. The van der Waals surface area contributed by atoms with E-state index in [-0.39, 0.29) is 18.7 Å². The third-order valence-corrected chi connectivity index (χ3v) is 1.64. The minimum atomic E-state index is -4.25. The zero-order valence-electron chi connectivity index (χ0n) is 7.29. The first-order valence-electron chi connectivity index (χ1n) is 4.03. The Morgan fingerprint density at radius 1 is 1.50 bits per heavy atom. The van der Waals surface area contributed by atoms with Gasteiger partial charge in [0, 0.05) is 25.2 Å². The van der Waals surface area contributed by atoms with Gasteiger partial charge in [-0.05, 0) is 0 Å². The molecule has 1 aromatic heterocycles. The zero-order valence-corrected chi connectivity index (χ0v) is 7.29. The lowest BCUT2D eigenvalue weighted by molar-refractivity contribution is -0.141. The number of carbonyl (C=O) groups excluding carboxylic acids is 1. The summed E-state index contributed by atoms with van der Waals surface area (Å²) in [6.45, 7) is -1.05. The standard InChI is InChI=1S/C8H9F3N2O/c9-8(10,11)6-13-4-3-12-7(13)2-1-5-14/h3-5H,1-2,6H2. The topological polar surface area (TPSA) is 34.9 Å². The third-order valence-electron chi connectivity index (χ3n) is 1.64. The molecule has 0 fully saturated rings. The Labute approximate surface area is 78.6 Å². The number of hydrogen-bond acceptors (Lipinski definition) is 2. The van der Waals surface area contributed by atoms with Crippen molar-refractivity contribution in [2.45, 2.75) is 25.6 Å². The van der Waals surface area contributed by atoms with Gasteiger partial charge in [0.25, 0.3) is 0 Å². The highest BCUT2D eigenvalue weighted by Gasteiger charge is 2.28. The van der Waals surface area contributed by atoms with Gasteiger partial charge in [0.15, 0.2) is 0 Å². The molecule has 1 aromatic rings.